The zero-order valence-corrected chi connectivity index (χ0v) is 16.1. The molecular formula is C19H19N3O3S2. The zero-order valence-electron chi connectivity index (χ0n) is 14.5. The number of anilines is 1. The number of nitrogens with zero attached hydrogens (tertiary/aromatic N) is 2. The maximum absolute atomic E-state index is 12.5. The molecule has 3 aromatic rings. The monoisotopic (exact) mass is 401 g/mol. The molecule has 1 amide bonds. The van der Waals surface area contributed by atoms with E-state index in [1.54, 1.807) is 0 Å². The Balaban J connectivity index is 1.39. The summed E-state index contributed by atoms with van der Waals surface area (Å²) in [7, 11) is 0. The molecule has 8 heteroatoms. The van der Waals surface area contributed by atoms with Crippen LogP contribution >= 0.6 is 22.7 Å². The Morgan fingerprint density at radius 3 is 2.63 bits per heavy atom. The molecule has 0 radical (unpaired) electrons. The molecule has 3 N–H and O–H groups in total. The molecule has 0 atom stereocenters. The summed E-state index contributed by atoms with van der Waals surface area (Å²) in [6.45, 7) is -0.385. The van der Waals surface area contributed by atoms with Gasteiger partial charge in [-0.1, -0.05) is 30.3 Å². The molecule has 1 saturated carbocycles. The third-order valence-electron chi connectivity index (χ3n) is 4.77. The van der Waals surface area contributed by atoms with Gasteiger partial charge in [0.05, 0.1) is 29.5 Å². The number of aromatic nitrogens is 2. The van der Waals surface area contributed by atoms with Crippen LogP contribution in [0.25, 0.3) is 10.6 Å². The number of hydrogen-bond acceptors (Lipinski definition) is 7. The topological polar surface area (TPSA) is 95.3 Å². The molecule has 1 aromatic carbocycles. The van der Waals surface area contributed by atoms with Crippen LogP contribution in [0.5, 0.6) is 0 Å². The first-order chi connectivity index (χ1) is 13.2. The summed E-state index contributed by atoms with van der Waals surface area (Å²) < 4.78 is 0. The van der Waals surface area contributed by atoms with Crippen molar-refractivity contribution in [1.29, 1.82) is 0 Å². The number of benzene rings is 1. The lowest BCUT2D eigenvalue weighted by Gasteiger charge is -2.34. The maximum atomic E-state index is 12.5. The highest BCUT2D eigenvalue weighted by molar-refractivity contribution is 7.17. The highest BCUT2D eigenvalue weighted by Gasteiger charge is 2.35. The number of rotatable bonds is 6. The molecule has 2 aromatic heterocycles. The van der Waals surface area contributed by atoms with Gasteiger partial charge in [0.1, 0.15) is 5.01 Å². The van der Waals surface area contributed by atoms with E-state index in [4.69, 9.17) is 0 Å². The van der Waals surface area contributed by atoms with Crippen molar-refractivity contribution in [2.75, 3.05) is 5.32 Å². The van der Waals surface area contributed by atoms with Crippen molar-refractivity contribution in [3.8, 4) is 10.6 Å². The first-order valence-corrected chi connectivity index (χ1v) is 10.4. The molecule has 2 heterocycles. The fourth-order valence-electron chi connectivity index (χ4n) is 3.25. The number of amides is 1. The van der Waals surface area contributed by atoms with Crippen LogP contribution in [0.15, 0.2) is 35.7 Å². The smallest absolute Gasteiger partial charge is 0.229 e. The van der Waals surface area contributed by atoms with Gasteiger partial charge in [0.2, 0.25) is 5.91 Å². The number of carbonyl (C=O) groups is 1. The van der Waals surface area contributed by atoms with E-state index in [9.17, 15) is 15.0 Å². The van der Waals surface area contributed by atoms with Crippen molar-refractivity contribution >= 4 is 33.7 Å². The van der Waals surface area contributed by atoms with Gasteiger partial charge in [-0.2, -0.15) is 0 Å². The van der Waals surface area contributed by atoms with Crippen molar-refractivity contribution < 1.29 is 15.0 Å². The minimum Gasteiger partial charge on any atom is -0.390 e. The molecule has 0 aliphatic heterocycles. The first kappa shape index (κ1) is 18.2. The van der Waals surface area contributed by atoms with Crippen LogP contribution in [0, 0.1) is 5.92 Å². The summed E-state index contributed by atoms with van der Waals surface area (Å²) in [5, 5.41) is 24.5. The quantitative estimate of drug-likeness (QED) is 0.588. The second kappa shape index (κ2) is 7.85. The zero-order chi connectivity index (χ0) is 18.8. The molecule has 0 unspecified atom stereocenters. The van der Waals surface area contributed by atoms with Crippen LogP contribution in [-0.4, -0.2) is 26.1 Å². The van der Waals surface area contributed by atoms with Crippen LogP contribution in [0.3, 0.4) is 0 Å². The molecule has 4 rings (SSSR count). The van der Waals surface area contributed by atoms with E-state index in [1.165, 1.54) is 28.2 Å². The van der Waals surface area contributed by atoms with Crippen LogP contribution in [0.4, 0.5) is 5.13 Å². The minimum atomic E-state index is -0.214. The van der Waals surface area contributed by atoms with Crippen LogP contribution in [-0.2, 0) is 18.0 Å². The lowest BCUT2D eigenvalue weighted by molar-refractivity contribution is -0.122. The fourth-order valence-corrected chi connectivity index (χ4v) is 4.92. The minimum absolute atomic E-state index is 0.00538. The van der Waals surface area contributed by atoms with Crippen molar-refractivity contribution in [3.63, 3.8) is 0 Å². The average molecular weight is 402 g/mol. The molecular weight excluding hydrogens is 382 g/mol. The SMILES string of the molecule is O=C(Nc1nc(-c2sc(CO)nc2CO)cs1)C1CC(c2ccccc2)C1. The van der Waals surface area contributed by atoms with E-state index in [1.807, 2.05) is 23.6 Å². The number of aliphatic hydroxyl groups is 2. The van der Waals surface area contributed by atoms with Gasteiger partial charge >= 0.3 is 0 Å². The molecule has 1 aliphatic carbocycles. The standard InChI is InChI=1S/C19H19N3O3S2/c23-8-14-17(27-16(9-24)20-14)15-10-26-19(21-15)22-18(25)13-6-12(7-13)11-4-2-1-3-5-11/h1-5,10,12-13,23-24H,6-9H2,(H,21,22,25). The van der Waals surface area contributed by atoms with Crippen LogP contribution in [0.1, 0.15) is 35.0 Å². The molecule has 0 bridgehead atoms. The van der Waals surface area contributed by atoms with E-state index in [0.717, 1.165) is 17.7 Å². The van der Waals surface area contributed by atoms with Gasteiger partial charge in [0.15, 0.2) is 5.13 Å². The number of thiazole rings is 2. The van der Waals surface area contributed by atoms with E-state index in [2.05, 4.69) is 27.4 Å². The lowest BCUT2D eigenvalue weighted by Crippen LogP contribution is -2.33. The summed E-state index contributed by atoms with van der Waals surface area (Å²) in [5.74, 6) is 0.473. The average Bonchev–Trinajstić information content (AvgIpc) is 3.27. The van der Waals surface area contributed by atoms with Gasteiger partial charge in [-0.05, 0) is 24.3 Å². The largest absolute Gasteiger partial charge is 0.390 e. The van der Waals surface area contributed by atoms with Gasteiger partial charge in [-0.25, -0.2) is 9.97 Å². The Kier molecular flexibility index (Phi) is 5.31. The van der Waals surface area contributed by atoms with Crippen LogP contribution in [0.2, 0.25) is 0 Å². The van der Waals surface area contributed by atoms with Gasteiger partial charge in [-0.15, -0.1) is 22.7 Å². The predicted molar refractivity (Wildman–Crippen MR) is 106 cm³/mol. The van der Waals surface area contributed by atoms with Gasteiger partial charge in [-0.3, -0.25) is 4.79 Å². The van der Waals surface area contributed by atoms with Crippen molar-refractivity contribution in [2.24, 2.45) is 5.92 Å². The summed E-state index contributed by atoms with van der Waals surface area (Å²) in [6, 6.07) is 10.3. The summed E-state index contributed by atoms with van der Waals surface area (Å²) in [5.41, 5.74) is 2.45. The number of hydrogen-bond donors (Lipinski definition) is 3. The van der Waals surface area contributed by atoms with E-state index < -0.39 is 0 Å². The fraction of sp³-hybridized carbons (Fsp3) is 0.316. The first-order valence-electron chi connectivity index (χ1n) is 8.70. The number of nitrogens with one attached hydrogen (secondary N) is 1. The third-order valence-corrected chi connectivity index (χ3v) is 6.64. The molecule has 0 spiro atoms. The number of carbonyl (C=O) groups excluding carboxylic acids is 1. The highest BCUT2D eigenvalue weighted by atomic mass is 32.1. The third kappa shape index (κ3) is 3.79. The maximum Gasteiger partial charge on any atom is 0.229 e. The molecule has 1 fully saturated rings. The molecule has 0 saturated heterocycles. The van der Waals surface area contributed by atoms with Crippen molar-refractivity contribution in [3.05, 3.63) is 52.0 Å². The second-order valence-corrected chi connectivity index (χ2v) is 8.44. The predicted octanol–water partition coefficient (Wildman–Crippen LogP) is 3.38. The molecule has 6 nitrogen and oxygen atoms in total. The Morgan fingerprint density at radius 2 is 1.93 bits per heavy atom. The summed E-state index contributed by atoms with van der Waals surface area (Å²) in [6.07, 6.45) is 1.72. The molecule has 27 heavy (non-hydrogen) atoms. The summed E-state index contributed by atoms with van der Waals surface area (Å²) >= 11 is 2.65. The number of aliphatic hydroxyl groups excluding tert-OH is 2. The van der Waals surface area contributed by atoms with E-state index >= 15 is 0 Å². The second-order valence-electron chi connectivity index (χ2n) is 6.50. The molecule has 140 valence electrons. The van der Waals surface area contributed by atoms with Crippen molar-refractivity contribution in [1.82, 2.24) is 9.97 Å². The Morgan fingerprint density at radius 1 is 1.15 bits per heavy atom. The molecule has 1 aliphatic rings. The Labute approximate surface area is 164 Å². The normalized spacial score (nSPS) is 18.9. The summed E-state index contributed by atoms with van der Waals surface area (Å²) in [4.78, 5) is 21.8. The van der Waals surface area contributed by atoms with Gasteiger partial charge in [0, 0.05) is 11.3 Å². The van der Waals surface area contributed by atoms with E-state index in [0.29, 0.717) is 27.4 Å². The Hall–Kier alpha value is -2.13. The van der Waals surface area contributed by atoms with Gasteiger partial charge in [0.25, 0.3) is 0 Å². The van der Waals surface area contributed by atoms with Crippen molar-refractivity contribution in [2.45, 2.75) is 32.0 Å². The highest BCUT2D eigenvalue weighted by Crippen LogP contribution is 2.42. The van der Waals surface area contributed by atoms with Crippen LogP contribution < -0.4 is 5.32 Å². The van der Waals surface area contributed by atoms with Gasteiger partial charge < -0.3 is 15.5 Å². The van der Waals surface area contributed by atoms with E-state index in [-0.39, 0.29) is 25.0 Å². The Bertz CT molecular complexity index is 933. The lowest BCUT2D eigenvalue weighted by atomic mass is 9.71.